The van der Waals surface area contributed by atoms with Crippen molar-refractivity contribution >= 4 is 11.6 Å². The van der Waals surface area contributed by atoms with Crippen molar-refractivity contribution in [3.8, 4) is 5.75 Å². The lowest BCUT2D eigenvalue weighted by atomic mass is 10.2. The Kier molecular flexibility index (Phi) is 6.24. The number of ether oxygens (including phenoxy) is 1. The molecule has 1 amide bonds. The molecule has 4 heteroatoms. The third-order valence-electron chi connectivity index (χ3n) is 3.92. The second-order valence-corrected chi connectivity index (χ2v) is 6.16. The summed E-state index contributed by atoms with van der Waals surface area (Å²) in [5.41, 5.74) is 3.10. The van der Waals surface area contributed by atoms with Crippen molar-refractivity contribution in [3.05, 3.63) is 59.7 Å². The average molecular weight is 326 g/mol. The summed E-state index contributed by atoms with van der Waals surface area (Å²) in [6, 6.07) is 16.1. The maximum absolute atomic E-state index is 12.7. The Morgan fingerprint density at radius 1 is 1.17 bits per heavy atom. The average Bonchev–Trinajstić information content (AvgIpc) is 2.58. The van der Waals surface area contributed by atoms with Crippen molar-refractivity contribution in [2.45, 2.75) is 33.4 Å². The monoisotopic (exact) mass is 326 g/mol. The van der Waals surface area contributed by atoms with Gasteiger partial charge in [-0.15, -0.1) is 0 Å². The number of rotatable bonds is 7. The van der Waals surface area contributed by atoms with Crippen LogP contribution >= 0.6 is 0 Å². The molecule has 0 aliphatic heterocycles. The van der Waals surface area contributed by atoms with E-state index < -0.39 is 0 Å². The molecule has 0 saturated carbocycles. The highest BCUT2D eigenvalue weighted by Gasteiger charge is 2.17. The molecule has 4 nitrogen and oxygen atoms in total. The summed E-state index contributed by atoms with van der Waals surface area (Å²) in [7, 11) is 1.63. The molecular weight excluding hydrogens is 300 g/mol. The van der Waals surface area contributed by atoms with E-state index in [1.807, 2.05) is 74.2 Å². The van der Waals surface area contributed by atoms with Crippen LogP contribution in [0.2, 0.25) is 0 Å². The van der Waals surface area contributed by atoms with Gasteiger partial charge in [0.2, 0.25) is 5.91 Å². The molecule has 0 atom stereocenters. The predicted molar refractivity (Wildman–Crippen MR) is 98.3 cm³/mol. The third kappa shape index (κ3) is 4.75. The van der Waals surface area contributed by atoms with Crippen LogP contribution in [0.15, 0.2) is 48.5 Å². The van der Waals surface area contributed by atoms with E-state index in [-0.39, 0.29) is 18.5 Å². The van der Waals surface area contributed by atoms with E-state index in [2.05, 4.69) is 5.32 Å². The van der Waals surface area contributed by atoms with Crippen LogP contribution in [0.1, 0.15) is 25.0 Å². The zero-order valence-electron chi connectivity index (χ0n) is 14.9. The zero-order chi connectivity index (χ0) is 17.5. The minimum atomic E-state index is 0.0670. The molecule has 0 radical (unpaired) electrons. The molecule has 0 heterocycles. The molecule has 24 heavy (non-hydrogen) atoms. The molecule has 2 rings (SSSR count). The molecule has 0 unspecified atom stereocenters. The van der Waals surface area contributed by atoms with Crippen LogP contribution in [0.4, 0.5) is 5.69 Å². The van der Waals surface area contributed by atoms with Crippen LogP contribution in [0.3, 0.4) is 0 Å². The second-order valence-electron chi connectivity index (χ2n) is 6.16. The Hall–Kier alpha value is -2.49. The number of nitrogens with one attached hydrogen (secondary N) is 1. The standard InChI is InChI=1S/C20H26N2O2/c1-15(2)22(14-17-8-6-5-7-9-17)20(23)13-21-18-12-16(3)10-11-19(18)24-4/h5-12,15,21H,13-14H2,1-4H3. The molecule has 0 aliphatic rings. The topological polar surface area (TPSA) is 41.6 Å². The first-order chi connectivity index (χ1) is 11.5. The molecule has 1 N–H and O–H groups in total. The first kappa shape index (κ1) is 17.9. The first-order valence-electron chi connectivity index (χ1n) is 8.23. The molecule has 128 valence electrons. The Labute approximate surface area is 144 Å². The van der Waals surface area contributed by atoms with Gasteiger partial charge in [0, 0.05) is 12.6 Å². The first-order valence-corrected chi connectivity index (χ1v) is 8.23. The number of carbonyl (C=O) groups is 1. The summed E-state index contributed by atoms with van der Waals surface area (Å²) in [6.07, 6.45) is 0. The molecule has 0 saturated heterocycles. The van der Waals surface area contributed by atoms with Crippen molar-refractivity contribution in [2.24, 2.45) is 0 Å². The summed E-state index contributed by atoms with van der Waals surface area (Å²) < 4.78 is 5.35. The van der Waals surface area contributed by atoms with Crippen LogP contribution in [-0.4, -0.2) is 30.5 Å². The van der Waals surface area contributed by atoms with Crippen LogP contribution in [0, 0.1) is 6.92 Å². The molecule has 0 bridgehead atoms. The van der Waals surface area contributed by atoms with Crippen molar-refractivity contribution in [1.82, 2.24) is 4.90 Å². The van der Waals surface area contributed by atoms with E-state index in [1.165, 1.54) is 0 Å². The SMILES string of the molecule is COc1ccc(C)cc1NCC(=O)N(Cc1ccccc1)C(C)C. The summed E-state index contributed by atoms with van der Waals surface area (Å²) >= 11 is 0. The summed E-state index contributed by atoms with van der Waals surface area (Å²) in [4.78, 5) is 14.5. The van der Waals surface area contributed by atoms with E-state index in [0.717, 1.165) is 22.6 Å². The Bertz CT molecular complexity index is 669. The van der Waals surface area contributed by atoms with Crippen LogP contribution in [0.25, 0.3) is 0 Å². The van der Waals surface area contributed by atoms with Gasteiger partial charge in [0.1, 0.15) is 5.75 Å². The highest BCUT2D eigenvalue weighted by atomic mass is 16.5. The lowest BCUT2D eigenvalue weighted by Gasteiger charge is -2.27. The number of hydrogen-bond acceptors (Lipinski definition) is 3. The predicted octanol–water partition coefficient (Wildman–Crippen LogP) is 3.85. The number of aryl methyl sites for hydroxylation is 1. The van der Waals surface area contributed by atoms with E-state index in [9.17, 15) is 4.79 Å². The molecule has 0 aliphatic carbocycles. The minimum Gasteiger partial charge on any atom is -0.495 e. The van der Waals surface area contributed by atoms with Crippen molar-refractivity contribution in [2.75, 3.05) is 19.0 Å². The van der Waals surface area contributed by atoms with Crippen molar-refractivity contribution in [1.29, 1.82) is 0 Å². The van der Waals surface area contributed by atoms with Gasteiger partial charge in [0.05, 0.1) is 19.3 Å². The zero-order valence-corrected chi connectivity index (χ0v) is 14.9. The Morgan fingerprint density at radius 3 is 2.50 bits per heavy atom. The number of hydrogen-bond donors (Lipinski definition) is 1. The maximum atomic E-state index is 12.7. The Balaban J connectivity index is 2.05. The lowest BCUT2D eigenvalue weighted by Crippen LogP contribution is -2.39. The van der Waals surface area contributed by atoms with Gasteiger partial charge in [-0.3, -0.25) is 4.79 Å². The lowest BCUT2D eigenvalue weighted by molar-refractivity contribution is -0.131. The van der Waals surface area contributed by atoms with E-state index >= 15 is 0 Å². The van der Waals surface area contributed by atoms with Crippen LogP contribution < -0.4 is 10.1 Å². The van der Waals surface area contributed by atoms with Gasteiger partial charge in [-0.2, -0.15) is 0 Å². The van der Waals surface area contributed by atoms with Crippen molar-refractivity contribution < 1.29 is 9.53 Å². The molecular formula is C20H26N2O2. The van der Waals surface area contributed by atoms with Gasteiger partial charge < -0.3 is 15.0 Å². The number of benzene rings is 2. The second kappa shape index (κ2) is 8.39. The highest BCUT2D eigenvalue weighted by molar-refractivity contribution is 5.81. The molecule has 0 fully saturated rings. The summed E-state index contributed by atoms with van der Waals surface area (Å²) in [6.45, 7) is 6.94. The largest absolute Gasteiger partial charge is 0.495 e. The van der Waals surface area contributed by atoms with Crippen molar-refractivity contribution in [3.63, 3.8) is 0 Å². The Morgan fingerprint density at radius 2 is 1.88 bits per heavy atom. The number of carbonyl (C=O) groups excluding carboxylic acids is 1. The normalized spacial score (nSPS) is 10.5. The van der Waals surface area contributed by atoms with Gasteiger partial charge in [-0.25, -0.2) is 0 Å². The minimum absolute atomic E-state index is 0.0670. The number of anilines is 1. The maximum Gasteiger partial charge on any atom is 0.242 e. The fourth-order valence-electron chi connectivity index (χ4n) is 2.57. The van der Waals surface area contributed by atoms with Gasteiger partial charge in [0.15, 0.2) is 0 Å². The summed E-state index contributed by atoms with van der Waals surface area (Å²) in [5, 5.41) is 3.21. The fraction of sp³-hybridized carbons (Fsp3) is 0.350. The highest BCUT2D eigenvalue weighted by Crippen LogP contribution is 2.25. The molecule has 2 aromatic rings. The smallest absolute Gasteiger partial charge is 0.242 e. The van der Waals surface area contributed by atoms with Gasteiger partial charge in [-0.1, -0.05) is 36.4 Å². The quantitative estimate of drug-likeness (QED) is 0.840. The van der Waals surface area contributed by atoms with Gasteiger partial charge >= 0.3 is 0 Å². The molecule has 0 spiro atoms. The van der Waals surface area contributed by atoms with Crippen LogP contribution in [0.5, 0.6) is 5.75 Å². The number of methoxy groups -OCH3 is 1. The van der Waals surface area contributed by atoms with E-state index in [4.69, 9.17) is 4.74 Å². The van der Waals surface area contributed by atoms with E-state index in [1.54, 1.807) is 7.11 Å². The third-order valence-corrected chi connectivity index (χ3v) is 3.92. The van der Waals surface area contributed by atoms with Crippen LogP contribution in [-0.2, 0) is 11.3 Å². The van der Waals surface area contributed by atoms with Gasteiger partial charge in [0.25, 0.3) is 0 Å². The molecule has 0 aromatic heterocycles. The number of amides is 1. The fourth-order valence-corrected chi connectivity index (χ4v) is 2.57. The van der Waals surface area contributed by atoms with E-state index in [0.29, 0.717) is 6.54 Å². The number of nitrogens with zero attached hydrogens (tertiary/aromatic N) is 1. The van der Waals surface area contributed by atoms with Gasteiger partial charge in [-0.05, 0) is 44.0 Å². The molecule has 2 aromatic carbocycles. The summed E-state index contributed by atoms with van der Waals surface area (Å²) in [5.74, 6) is 0.810.